The van der Waals surface area contributed by atoms with Crippen LogP contribution in [0.15, 0.2) is 61.2 Å². The number of hydrogen-bond donors (Lipinski definition) is 4. The van der Waals surface area contributed by atoms with Crippen molar-refractivity contribution in [2.24, 2.45) is 16.6 Å². The van der Waals surface area contributed by atoms with Crippen molar-refractivity contribution >= 4 is 40.7 Å². The molecule has 0 radical (unpaired) electrons. The average Bonchev–Trinajstić information content (AvgIpc) is 3.77. The number of carbonyl (C=O) groups excluding carboxylic acids is 1. The maximum absolute atomic E-state index is 13.5. The zero-order chi connectivity index (χ0) is 48.3. The Kier molecular flexibility index (Phi) is 14.8. The number of nitrogens with one attached hydrogen (secondary N) is 2. The van der Waals surface area contributed by atoms with E-state index in [0.29, 0.717) is 53.9 Å². The van der Waals surface area contributed by atoms with Crippen molar-refractivity contribution in [3.8, 4) is 11.6 Å². The minimum absolute atomic E-state index is 0.127. The van der Waals surface area contributed by atoms with Crippen molar-refractivity contribution in [2.45, 2.75) is 110 Å². The molecule has 1 aromatic carbocycles. The zero-order valence-corrected chi connectivity index (χ0v) is 41.7. The second-order valence-electron chi connectivity index (χ2n) is 20.4. The standard InChI is InChI=1S/C51H70ClN13O4/c1-6-35-31-58-65-42(25-43(59-45(35)65)64-17-8-7-10-38(64)15-22-66)54-27-34-11-14-44(55-28-34)68-23-9-16-61-18-20-62(21-19-61)39-32-63(33-39)49-56-29-37(30-57-49)46(67)60-47-50(2,3)48(51(47,4)5)69-40-13-12-36(26-53)41(52)24-40/h11-14,24-25,28-31,38-39,47-48,54,66H,6-10,15-23,26-27,32-33,53H2,1-5H3,(H,60,67)/t38-,47?,48?/m0/s1. The largest absolute Gasteiger partial charge is 0.489 e. The lowest BCUT2D eigenvalue weighted by molar-refractivity contribution is -0.164. The van der Waals surface area contributed by atoms with Gasteiger partial charge in [-0.2, -0.15) is 9.61 Å². The molecule has 0 spiro atoms. The van der Waals surface area contributed by atoms with Gasteiger partial charge < -0.3 is 45.6 Å². The predicted molar refractivity (Wildman–Crippen MR) is 269 cm³/mol. The summed E-state index contributed by atoms with van der Waals surface area (Å²) in [5.74, 6) is 3.61. The Labute approximate surface area is 411 Å². The van der Waals surface area contributed by atoms with Crippen LogP contribution in [0.2, 0.25) is 5.02 Å². The number of hydrogen-bond acceptors (Lipinski definition) is 15. The first-order chi connectivity index (χ1) is 33.4. The molecular weight excluding hydrogens is 894 g/mol. The van der Waals surface area contributed by atoms with Crippen LogP contribution in [-0.2, 0) is 19.5 Å². The van der Waals surface area contributed by atoms with Crippen LogP contribution < -0.4 is 35.6 Å². The predicted octanol–water partition coefficient (Wildman–Crippen LogP) is 5.83. The number of aromatic nitrogens is 6. The molecular formula is C51H70ClN13O4. The monoisotopic (exact) mass is 964 g/mol. The van der Waals surface area contributed by atoms with Gasteiger partial charge in [-0.25, -0.2) is 19.9 Å². The number of nitrogens with zero attached hydrogens (tertiary/aromatic N) is 10. The first-order valence-corrected chi connectivity index (χ1v) is 25.3. The molecule has 3 saturated heterocycles. The molecule has 1 atom stereocenters. The van der Waals surface area contributed by atoms with Crippen LogP contribution in [0, 0.1) is 10.8 Å². The normalized spacial score (nSPS) is 21.7. The van der Waals surface area contributed by atoms with Gasteiger partial charge in [-0.3, -0.25) is 9.69 Å². The maximum Gasteiger partial charge on any atom is 0.254 e. The number of amides is 1. The molecule has 4 aromatic heterocycles. The van der Waals surface area contributed by atoms with Gasteiger partial charge in [-0.1, -0.05) is 58.4 Å². The fourth-order valence-electron chi connectivity index (χ4n) is 11.2. The molecule has 69 heavy (non-hydrogen) atoms. The zero-order valence-electron chi connectivity index (χ0n) is 40.9. The quantitative estimate of drug-likeness (QED) is 0.0724. The van der Waals surface area contributed by atoms with E-state index in [0.717, 1.165) is 118 Å². The van der Waals surface area contributed by atoms with E-state index in [-0.39, 0.29) is 41.5 Å². The Hall–Kier alpha value is -5.33. The third kappa shape index (κ3) is 10.4. The van der Waals surface area contributed by atoms with Crippen molar-refractivity contribution < 1.29 is 19.4 Å². The van der Waals surface area contributed by atoms with Crippen LogP contribution in [0.25, 0.3) is 5.65 Å². The van der Waals surface area contributed by atoms with E-state index in [2.05, 4.69) is 97.0 Å². The molecule has 7 heterocycles. The number of rotatable bonds is 19. The number of aryl methyl sites for hydroxylation is 1. The molecule has 3 aliphatic heterocycles. The topological polar surface area (TPSA) is 188 Å². The number of halogens is 1. The van der Waals surface area contributed by atoms with E-state index in [1.807, 2.05) is 41.2 Å². The second-order valence-corrected chi connectivity index (χ2v) is 20.8. The molecule has 9 rings (SSSR count). The molecule has 5 aromatic rings. The summed E-state index contributed by atoms with van der Waals surface area (Å²) in [7, 11) is 0. The van der Waals surface area contributed by atoms with Gasteiger partial charge in [0.05, 0.1) is 18.4 Å². The number of pyridine rings is 1. The number of benzene rings is 1. The van der Waals surface area contributed by atoms with Crippen LogP contribution in [0.4, 0.5) is 17.6 Å². The van der Waals surface area contributed by atoms with E-state index in [1.54, 1.807) is 12.4 Å². The van der Waals surface area contributed by atoms with Gasteiger partial charge >= 0.3 is 0 Å². The van der Waals surface area contributed by atoms with Crippen molar-refractivity contribution in [3.63, 3.8) is 0 Å². The van der Waals surface area contributed by atoms with Gasteiger partial charge in [-0.05, 0) is 61.8 Å². The van der Waals surface area contributed by atoms with E-state index >= 15 is 0 Å². The Bertz CT molecular complexity index is 2510. The third-order valence-corrected chi connectivity index (χ3v) is 15.4. The number of aliphatic hydroxyl groups excluding tert-OH is 1. The minimum Gasteiger partial charge on any atom is -0.489 e. The van der Waals surface area contributed by atoms with Crippen molar-refractivity contribution in [3.05, 3.63) is 88.5 Å². The van der Waals surface area contributed by atoms with Crippen LogP contribution in [0.1, 0.15) is 93.8 Å². The molecule has 5 N–H and O–H groups in total. The summed E-state index contributed by atoms with van der Waals surface area (Å²) >= 11 is 6.40. The smallest absolute Gasteiger partial charge is 0.254 e. The molecule has 0 bridgehead atoms. The first-order valence-electron chi connectivity index (χ1n) is 24.9. The third-order valence-electron chi connectivity index (χ3n) is 15.0. The molecule has 1 aliphatic carbocycles. The molecule has 370 valence electrons. The summed E-state index contributed by atoms with van der Waals surface area (Å²) in [6, 6.07) is 12.3. The molecule has 4 fully saturated rings. The highest BCUT2D eigenvalue weighted by Crippen LogP contribution is 2.55. The fourth-order valence-corrected chi connectivity index (χ4v) is 11.5. The molecule has 1 saturated carbocycles. The summed E-state index contributed by atoms with van der Waals surface area (Å²) in [5.41, 5.74) is 9.46. The SMILES string of the molecule is CCc1cnn2c(NCc3ccc(OCCCN4CCN(C5CN(c6ncc(C(=O)NC7C(C)(C)C(Oc8ccc(CN)c(Cl)c8)C7(C)C)cn6)C5)CC4)nc3)cc(N3CCCC[C@H]3CCO)nc12. The molecule has 17 nitrogen and oxygen atoms in total. The van der Waals surface area contributed by atoms with E-state index in [4.69, 9.17) is 31.8 Å². The average molecular weight is 965 g/mol. The number of nitrogens with two attached hydrogens (primary N) is 1. The van der Waals surface area contributed by atoms with Gasteiger partial charge in [0.15, 0.2) is 5.65 Å². The molecule has 0 unspecified atom stereocenters. The number of anilines is 3. The number of ether oxygens (including phenoxy) is 2. The maximum atomic E-state index is 13.5. The lowest BCUT2D eigenvalue weighted by Gasteiger charge is -2.63. The van der Waals surface area contributed by atoms with E-state index < -0.39 is 0 Å². The number of piperazine rings is 1. The van der Waals surface area contributed by atoms with Gasteiger partial charge in [0.1, 0.15) is 23.5 Å². The number of fused-ring (bicyclic) bond motifs is 1. The van der Waals surface area contributed by atoms with Crippen LogP contribution in [0.5, 0.6) is 11.6 Å². The lowest BCUT2D eigenvalue weighted by atomic mass is 9.49. The number of carbonyl (C=O) groups is 1. The first kappa shape index (κ1) is 48.7. The summed E-state index contributed by atoms with van der Waals surface area (Å²) in [6.45, 7) is 20.1. The molecule has 18 heteroatoms. The Morgan fingerprint density at radius 3 is 2.42 bits per heavy atom. The van der Waals surface area contributed by atoms with Crippen molar-refractivity contribution in [1.29, 1.82) is 0 Å². The van der Waals surface area contributed by atoms with E-state index in [1.165, 1.54) is 6.42 Å². The Morgan fingerprint density at radius 2 is 1.72 bits per heavy atom. The van der Waals surface area contributed by atoms with E-state index in [9.17, 15) is 9.90 Å². The molecule has 4 aliphatic rings. The number of piperidine rings is 1. The van der Waals surface area contributed by atoms with Crippen LogP contribution in [0.3, 0.4) is 0 Å². The fraction of sp³-hybridized carbons (Fsp3) is 0.569. The van der Waals surface area contributed by atoms with Crippen LogP contribution >= 0.6 is 11.6 Å². The summed E-state index contributed by atoms with van der Waals surface area (Å²) < 4.78 is 14.4. The van der Waals surface area contributed by atoms with Crippen molar-refractivity contribution in [1.82, 2.24) is 44.7 Å². The van der Waals surface area contributed by atoms with Gasteiger partial charge in [0.25, 0.3) is 5.91 Å². The summed E-state index contributed by atoms with van der Waals surface area (Å²) in [4.78, 5) is 42.0. The highest BCUT2D eigenvalue weighted by Gasteiger charge is 2.64. The Morgan fingerprint density at radius 1 is 0.942 bits per heavy atom. The Balaban J connectivity index is 0.672. The van der Waals surface area contributed by atoms with Crippen LogP contribution in [-0.4, -0.2) is 140 Å². The van der Waals surface area contributed by atoms with Gasteiger partial charge in [0.2, 0.25) is 11.8 Å². The summed E-state index contributed by atoms with van der Waals surface area (Å²) in [5, 5.41) is 21.8. The highest BCUT2D eigenvalue weighted by atomic mass is 35.5. The minimum atomic E-state index is -0.333. The van der Waals surface area contributed by atoms with Crippen molar-refractivity contribution in [2.75, 3.05) is 80.7 Å². The second kappa shape index (κ2) is 20.9. The van der Waals surface area contributed by atoms with Gasteiger partial charge in [-0.15, -0.1) is 0 Å². The van der Waals surface area contributed by atoms with Gasteiger partial charge in [0, 0.05) is 142 Å². The molecule has 1 amide bonds. The summed E-state index contributed by atoms with van der Waals surface area (Å²) in [6.07, 6.45) is 12.8. The number of aliphatic hydroxyl groups is 1. The highest BCUT2D eigenvalue weighted by molar-refractivity contribution is 6.31. The lowest BCUT2D eigenvalue weighted by Crippen LogP contribution is -2.74.